The van der Waals surface area contributed by atoms with E-state index in [4.69, 9.17) is 4.74 Å². The van der Waals surface area contributed by atoms with Crippen LogP contribution >= 0.6 is 0 Å². The van der Waals surface area contributed by atoms with Crippen molar-refractivity contribution in [2.45, 2.75) is 12.8 Å². The van der Waals surface area contributed by atoms with Gasteiger partial charge in [-0.2, -0.15) is 0 Å². The highest BCUT2D eigenvalue weighted by atomic mass is 16.5. The van der Waals surface area contributed by atoms with E-state index in [0.717, 1.165) is 24.2 Å². The Labute approximate surface area is 153 Å². The van der Waals surface area contributed by atoms with E-state index in [1.165, 1.54) is 4.90 Å². The Kier molecular flexibility index (Phi) is 5.69. The number of amides is 2. The number of nitrogens with zero attached hydrogens (tertiary/aromatic N) is 1. The Morgan fingerprint density at radius 1 is 1.00 bits per heavy atom. The van der Waals surface area contributed by atoms with Crippen LogP contribution in [0.15, 0.2) is 61.2 Å². The first-order valence-electron chi connectivity index (χ1n) is 8.71. The van der Waals surface area contributed by atoms with Crippen molar-refractivity contribution in [3.8, 4) is 5.75 Å². The van der Waals surface area contributed by atoms with E-state index in [9.17, 15) is 9.59 Å². The number of para-hydroxylation sites is 1. The zero-order valence-electron chi connectivity index (χ0n) is 14.6. The van der Waals surface area contributed by atoms with Crippen molar-refractivity contribution in [1.29, 1.82) is 0 Å². The van der Waals surface area contributed by atoms with Crippen LogP contribution < -0.4 is 10.1 Å². The van der Waals surface area contributed by atoms with E-state index in [1.807, 2.05) is 48.5 Å². The molecule has 1 aliphatic heterocycles. The molecule has 0 aromatic heterocycles. The molecule has 2 aromatic carbocycles. The fourth-order valence-electron chi connectivity index (χ4n) is 2.86. The van der Waals surface area contributed by atoms with E-state index >= 15 is 0 Å². The van der Waals surface area contributed by atoms with Gasteiger partial charge < -0.3 is 10.1 Å². The summed E-state index contributed by atoms with van der Waals surface area (Å²) >= 11 is 0. The minimum absolute atomic E-state index is 0.00708. The molecule has 2 aromatic rings. The van der Waals surface area contributed by atoms with Gasteiger partial charge in [0.25, 0.3) is 5.91 Å². The minimum Gasteiger partial charge on any atom is -0.494 e. The van der Waals surface area contributed by atoms with Crippen LogP contribution in [0.3, 0.4) is 0 Å². The van der Waals surface area contributed by atoms with Crippen LogP contribution in [0, 0.1) is 0 Å². The van der Waals surface area contributed by atoms with Crippen LogP contribution in [0.4, 0.5) is 0 Å². The second kappa shape index (κ2) is 8.34. The second-order valence-corrected chi connectivity index (χ2v) is 6.10. The summed E-state index contributed by atoms with van der Waals surface area (Å²) in [6.07, 6.45) is 1.66. The highest BCUT2D eigenvalue weighted by Gasteiger charge is 2.31. The third kappa shape index (κ3) is 4.11. The monoisotopic (exact) mass is 350 g/mol. The summed E-state index contributed by atoms with van der Waals surface area (Å²) in [4.78, 5) is 25.9. The van der Waals surface area contributed by atoms with Crippen molar-refractivity contribution < 1.29 is 14.3 Å². The molecule has 0 spiro atoms. The molecule has 5 heteroatoms. The third-order valence-corrected chi connectivity index (χ3v) is 4.25. The molecule has 0 unspecified atom stereocenters. The molecule has 0 saturated carbocycles. The first-order valence-corrected chi connectivity index (χ1v) is 8.71. The summed E-state index contributed by atoms with van der Waals surface area (Å²) in [7, 11) is 0. The summed E-state index contributed by atoms with van der Waals surface area (Å²) in [5.74, 6) is 0.496. The quantitative estimate of drug-likeness (QED) is 0.744. The second-order valence-electron chi connectivity index (χ2n) is 6.10. The summed E-state index contributed by atoms with van der Waals surface area (Å²) in [6.45, 7) is 5.09. The van der Waals surface area contributed by atoms with Gasteiger partial charge in [0.15, 0.2) is 0 Å². The zero-order valence-corrected chi connectivity index (χ0v) is 14.6. The number of nitrogens with one attached hydrogen (secondary N) is 1. The molecule has 5 nitrogen and oxygen atoms in total. The van der Waals surface area contributed by atoms with E-state index < -0.39 is 0 Å². The SMILES string of the molecule is C=C1c2ccccc2C(=O)N1CC(=O)NCCCCOc1ccccc1. The number of hydrogen-bond acceptors (Lipinski definition) is 3. The molecular weight excluding hydrogens is 328 g/mol. The number of carbonyl (C=O) groups is 2. The lowest BCUT2D eigenvalue weighted by Gasteiger charge is -2.17. The smallest absolute Gasteiger partial charge is 0.259 e. The molecule has 134 valence electrons. The van der Waals surface area contributed by atoms with Gasteiger partial charge in [0.1, 0.15) is 12.3 Å². The largest absolute Gasteiger partial charge is 0.494 e. The lowest BCUT2D eigenvalue weighted by molar-refractivity contribution is -0.121. The predicted octanol–water partition coefficient (Wildman–Crippen LogP) is 3.09. The summed E-state index contributed by atoms with van der Waals surface area (Å²) in [5.41, 5.74) is 1.98. The number of hydrogen-bond donors (Lipinski definition) is 1. The number of carbonyl (C=O) groups excluding carboxylic acids is 2. The number of unbranched alkanes of at least 4 members (excludes halogenated alkanes) is 1. The minimum atomic E-state index is -0.184. The van der Waals surface area contributed by atoms with Gasteiger partial charge >= 0.3 is 0 Å². The molecule has 0 fully saturated rings. The van der Waals surface area contributed by atoms with Gasteiger partial charge in [-0.25, -0.2) is 0 Å². The van der Waals surface area contributed by atoms with Gasteiger partial charge in [0.2, 0.25) is 5.91 Å². The Morgan fingerprint density at radius 3 is 2.42 bits per heavy atom. The molecule has 3 rings (SSSR count). The van der Waals surface area contributed by atoms with E-state index in [0.29, 0.717) is 24.4 Å². The summed E-state index contributed by atoms with van der Waals surface area (Å²) in [6, 6.07) is 16.9. The van der Waals surface area contributed by atoms with Gasteiger partial charge in [-0.15, -0.1) is 0 Å². The van der Waals surface area contributed by atoms with Crippen molar-refractivity contribution in [2.24, 2.45) is 0 Å². The Hall–Kier alpha value is -3.08. The van der Waals surface area contributed by atoms with E-state index in [2.05, 4.69) is 11.9 Å². The van der Waals surface area contributed by atoms with Crippen LogP contribution in [0.25, 0.3) is 5.70 Å². The fraction of sp³-hybridized carbons (Fsp3) is 0.238. The molecule has 0 bridgehead atoms. The maximum absolute atomic E-state index is 12.4. The molecule has 1 N–H and O–H groups in total. The number of rotatable bonds is 8. The van der Waals surface area contributed by atoms with Crippen LogP contribution in [-0.2, 0) is 4.79 Å². The number of ether oxygens (including phenoxy) is 1. The van der Waals surface area contributed by atoms with E-state index in [-0.39, 0.29) is 18.4 Å². The van der Waals surface area contributed by atoms with Crippen LogP contribution in [0.5, 0.6) is 5.75 Å². The highest BCUT2D eigenvalue weighted by Crippen LogP contribution is 2.30. The zero-order chi connectivity index (χ0) is 18.4. The normalized spacial score (nSPS) is 12.8. The molecular formula is C21H22N2O3. The van der Waals surface area contributed by atoms with Gasteiger partial charge in [-0.1, -0.05) is 43.0 Å². The average Bonchev–Trinajstić information content (AvgIpc) is 2.91. The molecule has 0 radical (unpaired) electrons. The Balaban J connectivity index is 1.36. The number of benzene rings is 2. The van der Waals surface area contributed by atoms with Crippen LogP contribution in [0.2, 0.25) is 0 Å². The molecule has 26 heavy (non-hydrogen) atoms. The lowest BCUT2D eigenvalue weighted by Crippen LogP contribution is -2.37. The van der Waals surface area contributed by atoms with Gasteiger partial charge in [-0.05, 0) is 31.0 Å². The molecule has 1 heterocycles. The van der Waals surface area contributed by atoms with Crippen LogP contribution in [-0.4, -0.2) is 36.4 Å². The maximum Gasteiger partial charge on any atom is 0.259 e. The maximum atomic E-state index is 12.4. The van der Waals surface area contributed by atoms with Crippen molar-refractivity contribution >= 4 is 17.5 Å². The first-order chi connectivity index (χ1) is 12.7. The highest BCUT2D eigenvalue weighted by molar-refractivity contribution is 6.10. The van der Waals surface area contributed by atoms with Crippen molar-refractivity contribution in [3.63, 3.8) is 0 Å². The first kappa shape index (κ1) is 17.7. The van der Waals surface area contributed by atoms with Crippen molar-refractivity contribution in [2.75, 3.05) is 19.7 Å². The molecule has 1 aliphatic rings. The number of fused-ring (bicyclic) bond motifs is 1. The van der Waals surface area contributed by atoms with Gasteiger partial charge in [-0.3, -0.25) is 14.5 Å². The third-order valence-electron chi connectivity index (χ3n) is 4.25. The lowest BCUT2D eigenvalue weighted by atomic mass is 10.1. The van der Waals surface area contributed by atoms with Crippen molar-refractivity contribution in [3.05, 3.63) is 72.3 Å². The summed E-state index contributed by atoms with van der Waals surface area (Å²) < 4.78 is 5.61. The topological polar surface area (TPSA) is 58.6 Å². The molecule has 0 atom stereocenters. The molecule has 0 aliphatic carbocycles. The average molecular weight is 350 g/mol. The van der Waals surface area contributed by atoms with E-state index in [1.54, 1.807) is 6.07 Å². The van der Waals surface area contributed by atoms with Gasteiger partial charge in [0, 0.05) is 23.4 Å². The van der Waals surface area contributed by atoms with Crippen LogP contribution in [0.1, 0.15) is 28.8 Å². The van der Waals surface area contributed by atoms with Gasteiger partial charge in [0.05, 0.1) is 6.61 Å². The standard InChI is InChI=1S/C21H22N2O3/c1-16-18-11-5-6-12-19(18)21(25)23(16)15-20(24)22-13-7-8-14-26-17-9-3-2-4-10-17/h2-6,9-12H,1,7-8,13-15H2,(H,22,24). The van der Waals surface area contributed by atoms with Crippen molar-refractivity contribution in [1.82, 2.24) is 10.2 Å². The molecule has 2 amide bonds. The fourth-order valence-corrected chi connectivity index (χ4v) is 2.86. The Morgan fingerprint density at radius 2 is 1.69 bits per heavy atom. The predicted molar refractivity (Wildman–Crippen MR) is 101 cm³/mol. The summed E-state index contributed by atoms with van der Waals surface area (Å²) in [5, 5.41) is 2.85. The molecule has 0 saturated heterocycles. The Bertz CT molecular complexity index is 767.